The van der Waals surface area contributed by atoms with Crippen LogP contribution in [-0.2, 0) is 0 Å². The molecule has 0 saturated carbocycles. The first-order valence-electron chi connectivity index (χ1n) is 6.86. The lowest BCUT2D eigenvalue weighted by Crippen LogP contribution is -2.28. The Labute approximate surface area is 103 Å². The molecule has 1 N–H and O–H groups in total. The molecule has 16 heavy (non-hydrogen) atoms. The molecule has 0 bridgehead atoms. The van der Waals surface area contributed by atoms with Crippen molar-refractivity contribution < 1.29 is 5.11 Å². The van der Waals surface area contributed by atoms with E-state index in [0.29, 0.717) is 23.2 Å². The van der Waals surface area contributed by atoms with Crippen molar-refractivity contribution in [3.8, 4) is 0 Å². The van der Waals surface area contributed by atoms with Crippen LogP contribution in [0.3, 0.4) is 0 Å². The molecule has 0 aromatic carbocycles. The van der Waals surface area contributed by atoms with E-state index in [-0.39, 0.29) is 6.10 Å². The van der Waals surface area contributed by atoms with Crippen LogP contribution in [0.15, 0.2) is 0 Å². The molecule has 0 radical (unpaired) electrons. The molecule has 0 heterocycles. The van der Waals surface area contributed by atoms with Gasteiger partial charge in [-0.05, 0) is 36.0 Å². The van der Waals surface area contributed by atoms with Gasteiger partial charge in [-0.15, -0.1) is 0 Å². The highest BCUT2D eigenvalue weighted by atomic mass is 16.3. The summed E-state index contributed by atoms with van der Waals surface area (Å²) in [6, 6.07) is 0. The van der Waals surface area contributed by atoms with Crippen LogP contribution in [0.5, 0.6) is 0 Å². The molecule has 0 rings (SSSR count). The summed E-state index contributed by atoms with van der Waals surface area (Å²) in [6.07, 6.45) is 3.11. The first-order chi connectivity index (χ1) is 7.18. The topological polar surface area (TPSA) is 20.2 Å². The molecule has 3 unspecified atom stereocenters. The third-order valence-corrected chi connectivity index (χ3v) is 3.74. The maximum atomic E-state index is 10.2. The molecule has 0 aromatic heterocycles. The van der Waals surface area contributed by atoms with Gasteiger partial charge in [-0.3, -0.25) is 0 Å². The normalized spacial score (nSPS) is 18.6. The zero-order valence-electron chi connectivity index (χ0n) is 12.4. The first-order valence-corrected chi connectivity index (χ1v) is 6.86. The van der Waals surface area contributed by atoms with Crippen molar-refractivity contribution in [1.29, 1.82) is 0 Å². The molecule has 0 amide bonds. The summed E-state index contributed by atoms with van der Waals surface area (Å²) in [5.74, 6) is 1.73. The van der Waals surface area contributed by atoms with Crippen molar-refractivity contribution in [2.24, 2.45) is 23.2 Å². The van der Waals surface area contributed by atoms with Crippen LogP contribution < -0.4 is 0 Å². The Bertz CT molecular complexity index is 178. The SMILES string of the molecule is CCC(CC(O)C(C)CC(C)C)C(C)(C)C. The molecular weight excluding hydrogens is 196 g/mol. The van der Waals surface area contributed by atoms with Gasteiger partial charge in [0.05, 0.1) is 6.10 Å². The second-order valence-corrected chi connectivity index (χ2v) is 6.88. The Kier molecular flexibility index (Phi) is 6.62. The van der Waals surface area contributed by atoms with Crippen molar-refractivity contribution in [2.45, 2.75) is 73.8 Å². The van der Waals surface area contributed by atoms with E-state index in [0.717, 1.165) is 19.3 Å². The molecule has 0 aliphatic rings. The molecule has 0 spiro atoms. The lowest BCUT2D eigenvalue weighted by molar-refractivity contribution is 0.0535. The molecule has 0 aliphatic carbocycles. The van der Waals surface area contributed by atoms with Gasteiger partial charge in [0.15, 0.2) is 0 Å². The smallest absolute Gasteiger partial charge is 0.0568 e. The van der Waals surface area contributed by atoms with Gasteiger partial charge in [0.2, 0.25) is 0 Å². The summed E-state index contributed by atoms with van der Waals surface area (Å²) in [6.45, 7) is 15.7. The summed E-state index contributed by atoms with van der Waals surface area (Å²) in [7, 11) is 0. The van der Waals surface area contributed by atoms with Crippen LogP contribution >= 0.6 is 0 Å². The summed E-state index contributed by atoms with van der Waals surface area (Å²) in [4.78, 5) is 0. The lowest BCUT2D eigenvalue weighted by Gasteiger charge is -2.33. The first kappa shape index (κ1) is 16.0. The number of hydrogen-bond acceptors (Lipinski definition) is 1. The Morgan fingerprint density at radius 1 is 1.00 bits per heavy atom. The summed E-state index contributed by atoms with van der Waals surface area (Å²) in [5, 5.41) is 10.2. The minimum atomic E-state index is -0.133. The zero-order chi connectivity index (χ0) is 12.9. The second-order valence-electron chi connectivity index (χ2n) is 6.88. The highest BCUT2D eigenvalue weighted by Crippen LogP contribution is 2.34. The van der Waals surface area contributed by atoms with Crippen LogP contribution in [0.2, 0.25) is 0 Å². The standard InChI is InChI=1S/C15H32O/c1-8-13(15(5,6)7)10-14(16)12(4)9-11(2)3/h11-14,16H,8-10H2,1-7H3. The molecule has 1 heteroatoms. The molecule has 0 fully saturated rings. The summed E-state index contributed by atoms with van der Waals surface area (Å²) < 4.78 is 0. The molecule has 1 nitrogen and oxygen atoms in total. The van der Waals surface area contributed by atoms with Gasteiger partial charge in [0.1, 0.15) is 0 Å². The van der Waals surface area contributed by atoms with Crippen LogP contribution in [0.4, 0.5) is 0 Å². The minimum Gasteiger partial charge on any atom is -0.393 e. The van der Waals surface area contributed by atoms with Gasteiger partial charge in [0.25, 0.3) is 0 Å². The fourth-order valence-electron chi connectivity index (χ4n) is 2.56. The third-order valence-electron chi connectivity index (χ3n) is 3.74. The Hall–Kier alpha value is -0.0400. The second kappa shape index (κ2) is 6.64. The Morgan fingerprint density at radius 2 is 1.50 bits per heavy atom. The van der Waals surface area contributed by atoms with E-state index < -0.39 is 0 Å². The van der Waals surface area contributed by atoms with Crippen molar-refractivity contribution in [2.75, 3.05) is 0 Å². The lowest BCUT2D eigenvalue weighted by atomic mass is 9.74. The Balaban J connectivity index is 4.25. The zero-order valence-corrected chi connectivity index (χ0v) is 12.4. The van der Waals surface area contributed by atoms with Crippen LogP contribution in [0, 0.1) is 23.2 Å². The predicted octanol–water partition coefficient (Wildman–Crippen LogP) is 4.49. The maximum Gasteiger partial charge on any atom is 0.0568 e. The van der Waals surface area contributed by atoms with E-state index in [9.17, 15) is 5.11 Å². The highest BCUT2D eigenvalue weighted by molar-refractivity contribution is 4.78. The quantitative estimate of drug-likeness (QED) is 0.710. The van der Waals surface area contributed by atoms with E-state index >= 15 is 0 Å². The van der Waals surface area contributed by atoms with E-state index in [1.165, 1.54) is 0 Å². The third kappa shape index (κ3) is 5.89. The fraction of sp³-hybridized carbons (Fsp3) is 1.00. The minimum absolute atomic E-state index is 0.133. The fourth-order valence-corrected chi connectivity index (χ4v) is 2.56. The van der Waals surface area contributed by atoms with Crippen molar-refractivity contribution in [3.05, 3.63) is 0 Å². The van der Waals surface area contributed by atoms with Crippen molar-refractivity contribution >= 4 is 0 Å². The average molecular weight is 228 g/mol. The molecule has 3 atom stereocenters. The van der Waals surface area contributed by atoms with E-state index in [1.54, 1.807) is 0 Å². The monoisotopic (exact) mass is 228 g/mol. The van der Waals surface area contributed by atoms with Gasteiger partial charge in [-0.1, -0.05) is 54.9 Å². The van der Waals surface area contributed by atoms with E-state index in [4.69, 9.17) is 0 Å². The maximum absolute atomic E-state index is 10.2. The predicted molar refractivity (Wildman–Crippen MR) is 72.5 cm³/mol. The Morgan fingerprint density at radius 3 is 1.81 bits per heavy atom. The average Bonchev–Trinajstić information content (AvgIpc) is 2.10. The van der Waals surface area contributed by atoms with Crippen molar-refractivity contribution in [1.82, 2.24) is 0 Å². The van der Waals surface area contributed by atoms with Gasteiger partial charge in [-0.2, -0.15) is 0 Å². The number of aliphatic hydroxyl groups excluding tert-OH is 1. The van der Waals surface area contributed by atoms with Gasteiger partial charge >= 0.3 is 0 Å². The van der Waals surface area contributed by atoms with Crippen LogP contribution in [-0.4, -0.2) is 11.2 Å². The molecule has 98 valence electrons. The number of hydrogen-bond donors (Lipinski definition) is 1. The van der Waals surface area contributed by atoms with E-state index in [1.807, 2.05) is 0 Å². The molecule has 0 aromatic rings. The van der Waals surface area contributed by atoms with Gasteiger partial charge < -0.3 is 5.11 Å². The van der Waals surface area contributed by atoms with Crippen molar-refractivity contribution in [3.63, 3.8) is 0 Å². The number of rotatable bonds is 6. The molecular formula is C15H32O. The number of aliphatic hydroxyl groups is 1. The molecule has 0 aliphatic heterocycles. The van der Waals surface area contributed by atoms with Crippen LogP contribution in [0.1, 0.15) is 67.7 Å². The summed E-state index contributed by atoms with van der Waals surface area (Å²) >= 11 is 0. The summed E-state index contributed by atoms with van der Waals surface area (Å²) in [5.41, 5.74) is 0.313. The van der Waals surface area contributed by atoms with Gasteiger partial charge in [0, 0.05) is 0 Å². The van der Waals surface area contributed by atoms with E-state index in [2.05, 4.69) is 48.5 Å². The molecule has 0 saturated heterocycles. The van der Waals surface area contributed by atoms with Gasteiger partial charge in [-0.25, -0.2) is 0 Å². The van der Waals surface area contributed by atoms with Crippen LogP contribution in [0.25, 0.3) is 0 Å². The largest absolute Gasteiger partial charge is 0.393 e. The highest BCUT2D eigenvalue weighted by Gasteiger charge is 2.27.